The second-order valence-electron chi connectivity index (χ2n) is 2.30. The standard InChI is InChI=1S/C6H11BO/c1-4(2)6(8)5(3)7/h4H,3,7H2,1-2H3. The lowest BCUT2D eigenvalue weighted by atomic mass is 9.88. The number of rotatable bonds is 2. The number of allylic oxidation sites excluding steroid dienone is 1. The van der Waals surface area contributed by atoms with E-state index >= 15 is 0 Å². The maximum absolute atomic E-state index is 10.7. The Morgan fingerprint density at radius 2 is 2.00 bits per heavy atom. The summed E-state index contributed by atoms with van der Waals surface area (Å²) in [5, 5.41) is 0. The van der Waals surface area contributed by atoms with E-state index in [2.05, 4.69) is 6.58 Å². The van der Waals surface area contributed by atoms with Crippen LogP contribution < -0.4 is 0 Å². The molecule has 0 fully saturated rings. The van der Waals surface area contributed by atoms with Crippen LogP contribution in [0.25, 0.3) is 0 Å². The van der Waals surface area contributed by atoms with Gasteiger partial charge in [-0.15, -0.1) is 6.58 Å². The molecule has 0 aromatic heterocycles. The summed E-state index contributed by atoms with van der Waals surface area (Å²) in [5.74, 6) is 0.262. The van der Waals surface area contributed by atoms with Crippen molar-refractivity contribution in [1.82, 2.24) is 0 Å². The van der Waals surface area contributed by atoms with Gasteiger partial charge in [0.15, 0.2) is 5.78 Å². The van der Waals surface area contributed by atoms with Crippen molar-refractivity contribution >= 4 is 13.6 Å². The summed E-state index contributed by atoms with van der Waals surface area (Å²) in [4.78, 5) is 10.7. The summed E-state index contributed by atoms with van der Waals surface area (Å²) in [5.41, 5.74) is 0.653. The number of hydrogen-bond donors (Lipinski definition) is 0. The highest BCUT2D eigenvalue weighted by atomic mass is 16.1. The summed E-state index contributed by atoms with van der Waals surface area (Å²) >= 11 is 0. The summed E-state index contributed by atoms with van der Waals surface area (Å²) < 4.78 is 0. The van der Waals surface area contributed by atoms with E-state index in [-0.39, 0.29) is 11.7 Å². The maximum Gasteiger partial charge on any atom is 0.151 e. The smallest absolute Gasteiger partial charge is 0.151 e. The van der Waals surface area contributed by atoms with Gasteiger partial charge in [0.2, 0.25) is 0 Å². The SMILES string of the molecule is BC(=C)C(=O)C(C)C. The molecule has 0 aliphatic rings. The zero-order valence-electron chi connectivity index (χ0n) is 5.69. The Kier molecular flexibility index (Phi) is 2.52. The molecule has 0 unspecified atom stereocenters. The van der Waals surface area contributed by atoms with Crippen LogP contribution in [-0.4, -0.2) is 13.6 Å². The van der Waals surface area contributed by atoms with Crippen LogP contribution in [0.1, 0.15) is 13.8 Å². The molecule has 0 saturated heterocycles. The quantitative estimate of drug-likeness (QED) is 0.370. The minimum Gasteiger partial charge on any atom is -0.295 e. The van der Waals surface area contributed by atoms with Crippen LogP contribution >= 0.6 is 0 Å². The van der Waals surface area contributed by atoms with Crippen LogP contribution in [0, 0.1) is 5.92 Å². The lowest BCUT2D eigenvalue weighted by molar-refractivity contribution is -0.117. The van der Waals surface area contributed by atoms with Crippen LogP contribution in [0.2, 0.25) is 0 Å². The fraction of sp³-hybridized carbons (Fsp3) is 0.500. The van der Waals surface area contributed by atoms with Crippen molar-refractivity contribution < 1.29 is 4.79 Å². The van der Waals surface area contributed by atoms with E-state index in [4.69, 9.17) is 0 Å². The molecule has 0 saturated carbocycles. The Morgan fingerprint density at radius 3 is 2.00 bits per heavy atom. The van der Waals surface area contributed by atoms with Gasteiger partial charge in [-0.1, -0.05) is 19.3 Å². The van der Waals surface area contributed by atoms with Crippen LogP contribution in [-0.2, 0) is 4.79 Å². The van der Waals surface area contributed by atoms with Gasteiger partial charge in [-0.2, -0.15) is 0 Å². The number of hydrogen-bond acceptors (Lipinski definition) is 1. The molecule has 0 aromatic carbocycles. The van der Waals surface area contributed by atoms with Gasteiger partial charge in [-0.25, -0.2) is 0 Å². The minimum absolute atomic E-state index is 0.104. The largest absolute Gasteiger partial charge is 0.295 e. The molecule has 0 aliphatic carbocycles. The molecule has 0 aliphatic heterocycles. The molecule has 2 heteroatoms. The minimum atomic E-state index is 0.104. The van der Waals surface area contributed by atoms with Crippen LogP contribution in [0.4, 0.5) is 0 Å². The van der Waals surface area contributed by atoms with E-state index in [1.807, 2.05) is 13.8 Å². The molecular formula is C6H11BO. The third kappa shape index (κ3) is 1.96. The summed E-state index contributed by atoms with van der Waals surface area (Å²) in [6.45, 7) is 7.27. The van der Waals surface area contributed by atoms with E-state index in [9.17, 15) is 4.79 Å². The number of carbonyl (C=O) groups is 1. The highest BCUT2D eigenvalue weighted by Crippen LogP contribution is 1.98. The fourth-order valence-electron chi connectivity index (χ4n) is 0.493. The molecule has 0 aromatic rings. The molecule has 0 N–H and O–H groups in total. The average Bonchev–Trinajstić information content (AvgIpc) is 1.64. The zero-order valence-corrected chi connectivity index (χ0v) is 5.69. The van der Waals surface area contributed by atoms with Gasteiger partial charge in [0.05, 0.1) is 0 Å². The molecule has 1 nitrogen and oxygen atoms in total. The highest BCUT2D eigenvalue weighted by Gasteiger charge is 2.05. The molecule has 0 rings (SSSR count). The zero-order chi connectivity index (χ0) is 6.73. The second kappa shape index (κ2) is 2.70. The fourth-order valence-corrected chi connectivity index (χ4v) is 0.493. The van der Waals surface area contributed by atoms with Crippen molar-refractivity contribution in [3.63, 3.8) is 0 Å². The first kappa shape index (κ1) is 7.47. The first-order valence-electron chi connectivity index (χ1n) is 2.75. The van der Waals surface area contributed by atoms with E-state index in [1.165, 1.54) is 0 Å². The van der Waals surface area contributed by atoms with Crippen molar-refractivity contribution in [2.45, 2.75) is 13.8 Å². The first-order valence-corrected chi connectivity index (χ1v) is 2.75. The Bertz CT molecular complexity index is 116. The third-order valence-electron chi connectivity index (χ3n) is 0.945. The molecule has 0 bridgehead atoms. The molecule has 0 amide bonds. The van der Waals surface area contributed by atoms with Gasteiger partial charge < -0.3 is 0 Å². The van der Waals surface area contributed by atoms with Crippen molar-refractivity contribution in [2.24, 2.45) is 5.92 Å². The molecular weight excluding hydrogens is 98.9 g/mol. The predicted octanol–water partition coefficient (Wildman–Crippen LogP) is 0.358. The molecule has 0 atom stereocenters. The second-order valence-corrected chi connectivity index (χ2v) is 2.30. The van der Waals surface area contributed by atoms with Gasteiger partial charge in [-0.05, 0) is 0 Å². The van der Waals surface area contributed by atoms with Crippen molar-refractivity contribution in [3.05, 3.63) is 12.1 Å². The Labute approximate surface area is 51.2 Å². The maximum atomic E-state index is 10.7. The van der Waals surface area contributed by atoms with E-state index in [0.29, 0.717) is 5.47 Å². The van der Waals surface area contributed by atoms with Crippen molar-refractivity contribution in [3.8, 4) is 0 Å². The summed E-state index contributed by atoms with van der Waals surface area (Å²) in [6.07, 6.45) is 0. The molecule has 44 valence electrons. The normalized spacial score (nSPS) is 9.38. The topological polar surface area (TPSA) is 17.1 Å². The van der Waals surface area contributed by atoms with Gasteiger partial charge in [-0.3, -0.25) is 4.79 Å². The highest BCUT2D eigenvalue weighted by molar-refractivity contribution is 6.36. The van der Waals surface area contributed by atoms with E-state index in [1.54, 1.807) is 7.85 Å². The van der Waals surface area contributed by atoms with Gasteiger partial charge >= 0.3 is 0 Å². The summed E-state index contributed by atoms with van der Waals surface area (Å²) in [7, 11) is 1.74. The van der Waals surface area contributed by atoms with E-state index in [0.717, 1.165) is 0 Å². The lowest BCUT2D eigenvalue weighted by Gasteiger charge is -1.99. The Morgan fingerprint density at radius 1 is 1.62 bits per heavy atom. The summed E-state index contributed by atoms with van der Waals surface area (Å²) in [6, 6.07) is 0. The molecule has 0 spiro atoms. The van der Waals surface area contributed by atoms with E-state index < -0.39 is 0 Å². The Balaban J connectivity index is 3.84. The Hall–Kier alpha value is -0.525. The number of Topliss-reactive ketones (excluding diaryl/α,β-unsaturated/α-hetero) is 1. The molecule has 0 heterocycles. The van der Waals surface area contributed by atoms with Crippen LogP contribution in [0.15, 0.2) is 12.1 Å². The predicted molar refractivity (Wildman–Crippen MR) is 37.5 cm³/mol. The third-order valence-corrected chi connectivity index (χ3v) is 0.945. The van der Waals surface area contributed by atoms with Gasteiger partial charge in [0, 0.05) is 5.92 Å². The number of ketones is 1. The number of carbonyl (C=O) groups excluding carboxylic acids is 1. The van der Waals surface area contributed by atoms with Gasteiger partial charge in [0.1, 0.15) is 7.85 Å². The first-order chi connectivity index (χ1) is 3.55. The van der Waals surface area contributed by atoms with Crippen molar-refractivity contribution in [1.29, 1.82) is 0 Å². The van der Waals surface area contributed by atoms with Crippen LogP contribution in [0.3, 0.4) is 0 Å². The molecule has 8 heavy (non-hydrogen) atoms. The van der Waals surface area contributed by atoms with Crippen molar-refractivity contribution in [2.75, 3.05) is 0 Å². The average molecular weight is 110 g/mol. The molecule has 0 radical (unpaired) electrons. The van der Waals surface area contributed by atoms with Gasteiger partial charge in [0.25, 0.3) is 0 Å². The lowest BCUT2D eigenvalue weighted by Crippen LogP contribution is -2.08. The monoisotopic (exact) mass is 110 g/mol. The van der Waals surface area contributed by atoms with Crippen LogP contribution in [0.5, 0.6) is 0 Å².